The van der Waals surface area contributed by atoms with E-state index in [1.165, 1.54) is 4.88 Å². The van der Waals surface area contributed by atoms with E-state index in [4.69, 9.17) is 15.2 Å². The molecule has 0 bridgehead atoms. The summed E-state index contributed by atoms with van der Waals surface area (Å²) < 4.78 is 11.2. The highest BCUT2D eigenvalue weighted by Gasteiger charge is 2.33. The smallest absolute Gasteiger partial charge is 0.251 e. The molecule has 2 fully saturated rings. The third kappa shape index (κ3) is 5.79. The van der Waals surface area contributed by atoms with E-state index >= 15 is 0 Å². The van der Waals surface area contributed by atoms with Crippen molar-refractivity contribution >= 4 is 42.1 Å². The SMILES string of the molecule is CN(CC(c1cccs1)N1CCOCC1)C(=O)[C@@H]1CC[C@H](CN)O1.Cl.Cl. The molecule has 0 aromatic carbocycles. The molecule has 1 aromatic rings. The zero-order chi connectivity index (χ0) is 16.9. The summed E-state index contributed by atoms with van der Waals surface area (Å²) in [4.78, 5) is 18.2. The molecule has 0 radical (unpaired) electrons. The Kier molecular flexibility index (Phi) is 10.4. The number of amides is 1. The molecule has 2 saturated heterocycles. The second kappa shape index (κ2) is 11.4. The summed E-state index contributed by atoms with van der Waals surface area (Å²) in [6, 6.07) is 4.44. The number of nitrogens with two attached hydrogens (primary N) is 1. The summed E-state index contributed by atoms with van der Waals surface area (Å²) in [6.07, 6.45) is 1.34. The van der Waals surface area contributed by atoms with Crippen molar-refractivity contribution in [2.24, 2.45) is 5.73 Å². The van der Waals surface area contributed by atoms with Gasteiger partial charge in [-0.05, 0) is 24.3 Å². The Labute approximate surface area is 171 Å². The number of hydrogen-bond acceptors (Lipinski definition) is 6. The first-order valence-electron chi connectivity index (χ1n) is 8.64. The van der Waals surface area contributed by atoms with E-state index in [0.717, 1.165) is 39.1 Å². The lowest BCUT2D eigenvalue weighted by Gasteiger charge is -2.36. The van der Waals surface area contributed by atoms with Gasteiger partial charge in [0.05, 0.1) is 25.4 Å². The average Bonchev–Trinajstić information content (AvgIpc) is 3.31. The van der Waals surface area contributed by atoms with Gasteiger partial charge in [0.25, 0.3) is 5.91 Å². The van der Waals surface area contributed by atoms with Crippen LogP contribution in [0.3, 0.4) is 0 Å². The Balaban J connectivity index is 0.00000169. The molecule has 3 atom stereocenters. The van der Waals surface area contributed by atoms with Gasteiger partial charge in [-0.1, -0.05) is 6.07 Å². The van der Waals surface area contributed by atoms with Gasteiger partial charge in [-0.2, -0.15) is 0 Å². The summed E-state index contributed by atoms with van der Waals surface area (Å²) in [5, 5.41) is 2.09. The monoisotopic (exact) mass is 425 g/mol. The fourth-order valence-corrected chi connectivity index (χ4v) is 4.26. The quantitative estimate of drug-likeness (QED) is 0.753. The van der Waals surface area contributed by atoms with Gasteiger partial charge in [-0.25, -0.2) is 0 Å². The highest BCUT2D eigenvalue weighted by molar-refractivity contribution is 7.10. The van der Waals surface area contributed by atoms with Crippen molar-refractivity contribution in [3.63, 3.8) is 0 Å². The van der Waals surface area contributed by atoms with Gasteiger partial charge in [0.2, 0.25) is 0 Å². The van der Waals surface area contributed by atoms with E-state index in [1.807, 2.05) is 11.9 Å². The predicted octanol–water partition coefficient (Wildman–Crippen LogP) is 1.93. The molecule has 6 nitrogen and oxygen atoms in total. The van der Waals surface area contributed by atoms with Crippen LogP contribution in [0.15, 0.2) is 17.5 Å². The summed E-state index contributed by atoms with van der Waals surface area (Å²) >= 11 is 1.75. The van der Waals surface area contributed by atoms with E-state index in [2.05, 4.69) is 22.4 Å². The minimum Gasteiger partial charge on any atom is -0.379 e. The molecule has 1 aromatic heterocycles. The minimum atomic E-state index is -0.336. The number of nitrogens with zero attached hydrogens (tertiary/aromatic N) is 2. The Bertz CT molecular complexity index is 529. The summed E-state index contributed by atoms with van der Waals surface area (Å²) in [5.74, 6) is 0.0702. The third-order valence-corrected chi connectivity index (χ3v) is 5.80. The van der Waals surface area contributed by atoms with Crippen LogP contribution >= 0.6 is 36.2 Å². The zero-order valence-corrected chi connectivity index (χ0v) is 17.5. The minimum absolute atomic E-state index is 0. The number of halogens is 2. The number of rotatable bonds is 6. The molecule has 1 unspecified atom stereocenters. The molecule has 0 spiro atoms. The molecule has 2 aliphatic heterocycles. The zero-order valence-electron chi connectivity index (χ0n) is 15.0. The van der Waals surface area contributed by atoms with Gasteiger partial charge in [0.15, 0.2) is 0 Å². The van der Waals surface area contributed by atoms with E-state index < -0.39 is 0 Å². The van der Waals surface area contributed by atoms with Crippen molar-refractivity contribution < 1.29 is 14.3 Å². The first-order valence-corrected chi connectivity index (χ1v) is 9.52. The van der Waals surface area contributed by atoms with Gasteiger partial charge in [0, 0.05) is 38.1 Å². The lowest BCUT2D eigenvalue weighted by molar-refractivity contribution is -0.142. The van der Waals surface area contributed by atoms with Crippen LogP contribution in [0.25, 0.3) is 0 Å². The molecule has 9 heteroatoms. The molecule has 1 amide bonds. The number of thiophene rings is 1. The summed E-state index contributed by atoms with van der Waals surface area (Å²) in [6.45, 7) is 4.47. The molecular formula is C17H29Cl2N3O3S. The van der Waals surface area contributed by atoms with Gasteiger partial charge in [0.1, 0.15) is 6.10 Å². The lowest BCUT2D eigenvalue weighted by atomic mass is 10.1. The van der Waals surface area contributed by atoms with Crippen LogP contribution < -0.4 is 5.73 Å². The van der Waals surface area contributed by atoms with Crippen molar-refractivity contribution in [2.75, 3.05) is 46.4 Å². The second-order valence-corrected chi connectivity index (χ2v) is 7.44. The fraction of sp³-hybridized carbons (Fsp3) is 0.706. The Morgan fingerprint density at radius 3 is 2.69 bits per heavy atom. The molecule has 3 rings (SSSR count). The van der Waals surface area contributed by atoms with E-state index in [0.29, 0.717) is 13.1 Å². The first kappa shape index (κ1) is 23.6. The van der Waals surface area contributed by atoms with Gasteiger partial charge >= 0.3 is 0 Å². The normalized spacial score (nSPS) is 24.4. The standard InChI is InChI=1S/C17H27N3O3S.2ClH/c1-19(17(21)15-5-4-13(11-18)23-15)12-14(16-3-2-10-24-16)20-6-8-22-9-7-20;;/h2-3,10,13-15H,4-9,11-12,18H2,1H3;2*1H/t13-,14?,15+;;/m1../s1. The van der Waals surface area contributed by atoms with Crippen LogP contribution in [-0.2, 0) is 14.3 Å². The maximum atomic E-state index is 12.7. The van der Waals surface area contributed by atoms with Crippen LogP contribution in [-0.4, -0.2) is 74.4 Å². The lowest BCUT2D eigenvalue weighted by Crippen LogP contribution is -2.46. The predicted molar refractivity (Wildman–Crippen MR) is 109 cm³/mol. The van der Waals surface area contributed by atoms with E-state index in [1.54, 1.807) is 11.3 Å². The topological polar surface area (TPSA) is 68.0 Å². The van der Waals surface area contributed by atoms with Crippen molar-refractivity contribution in [1.29, 1.82) is 0 Å². The molecule has 3 heterocycles. The van der Waals surface area contributed by atoms with Crippen LogP contribution in [0.2, 0.25) is 0 Å². The van der Waals surface area contributed by atoms with Crippen LogP contribution in [0.4, 0.5) is 0 Å². The third-order valence-electron chi connectivity index (χ3n) is 4.83. The van der Waals surface area contributed by atoms with Crippen molar-refractivity contribution in [3.8, 4) is 0 Å². The van der Waals surface area contributed by atoms with Crippen molar-refractivity contribution in [2.45, 2.75) is 31.1 Å². The molecule has 0 aliphatic carbocycles. The number of hydrogen-bond donors (Lipinski definition) is 1. The van der Waals surface area contributed by atoms with Crippen molar-refractivity contribution in [1.82, 2.24) is 9.80 Å². The van der Waals surface area contributed by atoms with Crippen molar-refractivity contribution in [3.05, 3.63) is 22.4 Å². The number of ether oxygens (including phenoxy) is 2. The number of likely N-dealkylation sites (N-methyl/N-ethyl adjacent to an activating group) is 1. The molecule has 150 valence electrons. The highest BCUT2D eigenvalue weighted by Crippen LogP contribution is 2.28. The molecule has 2 N–H and O–H groups in total. The fourth-order valence-electron chi connectivity index (χ4n) is 3.41. The van der Waals surface area contributed by atoms with Gasteiger partial charge in [-0.15, -0.1) is 36.2 Å². The molecule has 2 aliphatic rings. The maximum Gasteiger partial charge on any atom is 0.251 e. The number of carbonyl (C=O) groups is 1. The molecule has 26 heavy (non-hydrogen) atoms. The second-order valence-electron chi connectivity index (χ2n) is 6.46. The molecular weight excluding hydrogens is 397 g/mol. The van der Waals surface area contributed by atoms with Crippen LogP contribution in [0.5, 0.6) is 0 Å². The molecule has 0 saturated carbocycles. The van der Waals surface area contributed by atoms with Crippen LogP contribution in [0, 0.1) is 0 Å². The Hall–Kier alpha value is -0.410. The number of carbonyl (C=O) groups excluding carboxylic acids is 1. The van der Waals surface area contributed by atoms with Crippen LogP contribution in [0.1, 0.15) is 23.8 Å². The highest BCUT2D eigenvalue weighted by atomic mass is 35.5. The van der Waals surface area contributed by atoms with Gasteiger partial charge in [-0.3, -0.25) is 9.69 Å². The number of morpholine rings is 1. The first-order chi connectivity index (χ1) is 11.7. The maximum absolute atomic E-state index is 12.7. The van der Waals surface area contributed by atoms with E-state index in [-0.39, 0.29) is 49.0 Å². The summed E-state index contributed by atoms with van der Waals surface area (Å²) in [7, 11) is 1.88. The van der Waals surface area contributed by atoms with E-state index in [9.17, 15) is 4.79 Å². The average molecular weight is 426 g/mol. The largest absolute Gasteiger partial charge is 0.379 e. The van der Waals surface area contributed by atoms with Gasteiger partial charge < -0.3 is 20.1 Å². The Morgan fingerprint density at radius 1 is 1.38 bits per heavy atom. The Morgan fingerprint density at radius 2 is 2.12 bits per heavy atom. The summed E-state index contributed by atoms with van der Waals surface area (Å²) in [5.41, 5.74) is 5.65.